The van der Waals surface area contributed by atoms with Gasteiger partial charge in [-0.05, 0) is 50.6 Å². The van der Waals surface area contributed by atoms with Crippen LogP contribution in [0, 0.1) is 23.2 Å². The normalized spacial score (nSPS) is 29.4. The smallest absolute Gasteiger partial charge is 0.255 e. The van der Waals surface area contributed by atoms with E-state index in [1.165, 1.54) is 17.0 Å². The lowest BCUT2D eigenvalue weighted by Gasteiger charge is -2.50. The predicted octanol–water partition coefficient (Wildman–Crippen LogP) is -0.00772. The van der Waals surface area contributed by atoms with Crippen LogP contribution in [0.3, 0.4) is 0 Å². The first-order valence-electron chi connectivity index (χ1n) is 9.86. The summed E-state index contributed by atoms with van der Waals surface area (Å²) in [5, 5.41) is 52.9. The molecule has 166 valence electrons. The molecular formula is C22H21N3O7. The lowest BCUT2D eigenvalue weighted by molar-refractivity contribution is -0.148. The highest BCUT2D eigenvalue weighted by atomic mass is 16.3. The zero-order valence-corrected chi connectivity index (χ0v) is 17.3. The van der Waals surface area contributed by atoms with Crippen LogP contribution in [0.15, 0.2) is 34.8 Å². The summed E-state index contributed by atoms with van der Waals surface area (Å²) in [5.74, 6) is -7.13. The third-order valence-corrected chi connectivity index (χ3v) is 6.73. The number of benzene rings is 1. The summed E-state index contributed by atoms with van der Waals surface area (Å²) < 4.78 is 0. The fourth-order valence-corrected chi connectivity index (χ4v) is 5.36. The summed E-state index contributed by atoms with van der Waals surface area (Å²) in [5.41, 5.74) is 1.82. The highest BCUT2D eigenvalue weighted by molar-refractivity contribution is 6.24. The van der Waals surface area contributed by atoms with Gasteiger partial charge in [0.05, 0.1) is 23.2 Å². The van der Waals surface area contributed by atoms with Crippen molar-refractivity contribution in [3.05, 3.63) is 51.5 Å². The fraction of sp³-hybridized carbons (Fsp3) is 0.364. The number of fused-ring (bicyclic) bond motifs is 3. The molecule has 3 aliphatic rings. The predicted molar refractivity (Wildman–Crippen MR) is 108 cm³/mol. The Hall–Kier alpha value is -3.68. The molecule has 10 heteroatoms. The second-order valence-electron chi connectivity index (χ2n) is 8.56. The van der Waals surface area contributed by atoms with Gasteiger partial charge in [0.1, 0.15) is 22.8 Å². The van der Waals surface area contributed by atoms with Crippen LogP contribution >= 0.6 is 0 Å². The first-order chi connectivity index (χ1) is 15.0. The van der Waals surface area contributed by atoms with Crippen LogP contribution in [0.2, 0.25) is 0 Å². The molecule has 4 atom stereocenters. The van der Waals surface area contributed by atoms with Gasteiger partial charge in [-0.2, -0.15) is 5.26 Å². The molecule has 1 aromatic rings. The van der Waals surface area contributed by atoms with Crippen molar-refractivity contribution < 1.29 is 34.8 Å². The molecule has 0 aromatic heterocycles. The number of carbonyl (C=O) groups is 3. The summed E-state index contributed by atoms with van der Waals surface area (Å²) in [6.07, 6.45) is 0.0676. The third-order valence-electron chi connectivity index (χ3n) is 6.73. The van der Waals surface area contributed by atoms with Crippen molar-refractivity contribution in [2.24, 2.45) is 17.6 Å². The van der Waals surface area contributed by atoms with Gasteiger partial charge < -0.3 is 26.2 Å². The van der Waals surface area contributed by atoms with E-state index in [0.29, 0.717) is 5.56 Å². The number of likely N-dealkylation sites (N-methyl/N-ethyl adjacent to an activating group) is 1. The minimum absolute atomic E-state index is 0.0215. The molecule has 0 radical (unpaired) electrons. The summed E-state index contributed by atoms with van der Waals surface area (Å²) in [6.45, 7) is 0. The van der Waals surface area contributed by atoms with Crippen LogP contribution in [0.25, 0.3) is 0 Å². The maximum Gasteiger partial charge on any atom is 0.255 e. The lowest BCUT2D eigenvalue weighted by Crippen LogP contribution is -2.63. The first-order valence-corrected chi connectivity index (χ1v) is 9.86. The number of nitriles is 1. The number of aliphatic hydroxyl groups is 3. The fourth-order valence-electron chi connectivity index (χ4n) is 5.36. The van der Waals surface area contributed by atoms with Crippen LogP contribution < -0.4 is 5.73 Å². The van der Waals surface area contributed by atoms with Gasteiger partial charge in [0.2, 0.25) is 5.78 Å². The van der Waals surface area contributed by atoms with E-state index in [1.54, 1.807) is 14.1 Å². The zero-order chi connectivity index (χ0) is 23.7. The number of hydrogen-bond acceptors (Lipinski definition) is 9. The average Bonchev–Trinajstić information content (AvgIpc) is 2.70. The molecule has 0 bridgehead atoms. The molecule has 0 unspecified atom stereocenters. The number of Topliss-reactive ketones (excluding diaryl/α,β-unsaturated/α-hetero) is 2. The van der Waals surface area contributed by atoms with E-state index in [4.69, 9.17) is 5.73 Å². The van der Waals surface area contributed by atoms with Crippen molar-refractivity contribution in [1.29, 1.82) is 5.26 Å². The standard InChI is InChI=1S/C22H21N3O7/c1-25(2)16-11-6-9-5-10-8(7-23)3-4-12(26)14(10)17(27)13(9)19(29)22(11,32)20(30)15(18(16)28)21(24)31/h3-4,9,11,16,26,28-29,32H,5-6H2,1-2H3,(H2,24,31)/t9-,11+,16-,22-/m1/s1. The Morgan fingerprint density at radius 3 is 2.47 bits per heavy atom. The minimum atomic E-state index is -2.67. The molecule has 1 amide bonds. The van der Waals surface area contributed by atoms with E-state index in [9.17, 15) is 40.1 Å². The Morgan fingerprint density at radius 2 is 1.91 bits per heavy atom. The Morgan fingerprint density at radius 1 is 1.25 bits per heavy atom. The number of hydrogen-bond donors (Lipinski definition) is 5. The van der Waals surface area contributed by atoms with Gasteiger partial charge in [-0.15, -0.1) is 0 Å². The summed E-state index contributed by atoms with van der Waals surface area (Å²) in [6, 6.07) is 3.50. The van der Waals surface area contributed by atoms with E-state index in [2.05, 4.69) is 0 Å². The Labute approximate surface area is 182 Å². The molecular weight excluding hydrogens is 418 g/mol. The molecule has 6 N–H and O–H groups in total. The first kappa shape index (κ1) is 21.5. The molecule has 0 heterocycles. The Kier molecular flexibility index (Phi) is 4.66. The summed E-state index contributed by atoms with van der Waals surface area (Å²) in [7, 11) is 3.11. The second-order valence-corrected chi connectivity index (χ2v) is 8.56. The molecule has 4 rings (SSSR count). The number of carbonyl (C=O) groups excluding carboxylic acids is 3. The molecule has 0 fully saturated rings. The van der Waals surface area contributed by atoms with Crippen LogP contribution in [-0.4, -0.2) is 68.5 Å². The highest BCUT2D eigenvalue weighted by Gasteiger charge is 2.63. The zero-order valence-electron chi connectivity index (χ0n) is 17.3. The number of allylic oxidation sites excluding steroid dienone is 1. The molecule has 0 saturated carbocycles. The number of phenols is 1. The number of amides is 1. The average molecular weight is 439 g/mol. The van der Waals surface area contributed by atoms with Gasteiger partial charge in [-0.25, -0.2) is 0 Å². The van der Waals surface area contributed by atoms with Gasteiger partial charge in [0.25, 0.3) is 5.91 Å². The van der Waals surface area contributed by atoms with Crippen LogP contribution in [-0.2, 0) is 16.0 Å². The lowest BCUT2D eigenvalue weighted by atomic mass is 9.58. The number of nitrogens with two attached hydrogens (primary N) is 1. The highest BCUT2D eigenvalue weighted by Crippen LogP contribution is 2.52. The van der Waals surface area contributed by atoms with E-state index >= 15 is 0 Å². The maximum atomic E-state index is 13.3. The molecule has 3 aliphatic carbocycles. The Balaban J connectivity index is 1.99. The monoisotopic (exact) mass is 439 g/mol. The number of aromatic hydroxyl groups is 1. The van der Waals surface area contributed by atoms with Crippen LogP contribution in [0.5, 0.6) is 5.75 Å². The van der Waals surface area contributed by atoms with Crippen molar-refractivity contribution in [3.8, 4) is 11.8 Å². The van der Waals surface area contributed by atoms with Crippen molar-refractivity contribution in [2.45, 2.75) is 24.5 Å². The number of primary amides is 1. The number of aliphatic hydroxyl groups excluding tert-OH is 2. The minimum Gasteiger partial charge on any atom is -0.510 e. The van der Waals surface area contributed by atoms with Gasteiger partial charge >= 0.3 is 0 Å². The Bertz CT molecular complexity index is 1210. The van der Waals surface area contributed by atoms with E-state index in [-0.39, 0.29) is 29.5 Å². The largest absolute Gasteiger partial charge is 0.510 e. The van der Waals surface area contributed by atoms with E-state index in [1.807, 2.05) is 6.07 Å². The molecule has 1 aromatic carbocycles. The summed E-state index contributed by atoms with van der Waals surface area (Å²) >= 11 is 0. The van der Waals surface area contributed by atoms with E-state index in [0.717, 1.165) is 0 Å². The summed E-state index contributed by atoms with van der Waals surface area (Å²) in [4.78, 5) is 39.8. The van der Waals surface area contributed by atoms with Gasteiger partial charge in [-0.3, -0.25) is 19.3 Å². The SMILES string of the molecule is CN(C)[C@H]1C(O)=C(C(N)=O)C(=O)[C@]2(O)C(O)=C3C(=O)c4c(O)ccc(C#N)c4C[C@@H]3C[C@@H]12. The van der Waals surface area contributed by atoms with Crippen molar-refractivity contribution in [2.75, 3.05) is 14.1 Å². The van der Waals surface area contributed by atoms with Crippen molar-refractivity contribution in [1.82, 2.24) is 4.90 Å². The second kappa shape index (κ2) is 6.91. The van der Waals surface area contributed by atoms with Crippen LogP contribution in [0.1, 0.15) is 27.9 Å². The molecule has 0 spiro atoms. The van der Waals surface area contributed by atoms with Crippen molar-refractivity contribution in [3.63, 3.8) is 0 Å². The maximum absolute atomic E-state index is 13.3. The van der Waals surface area contributed by atoms with Crippen molar-refractivity contribution >= 4 is 17.5 Å². The van der Waals surface area contributed by atoms with Gasteiger partial charge in [0.15, 0.2) is 11.4 Å². The molecule has 32 heavy (non-hydrogen) atoms. The molecule has 10 nitrogen and oxygen atoms in total. The van der Waals surface area contributed by atoms with Crippen LogP contribution in [0.4, 0.5) is 0 Å². The van der Waals surface area contributed by atoms with Gasteiger partial charge in [0, 0.05) is 11.5 Å². The van der Waals surface area contributed by atoms with Gasteiger partial charge in [-0.1, -0.05) is 0 Å². The topological polar surface area (TPSA) is 185 Å². The third kappa shape index (κ3) is 2.55. The molecule has 0 saturated heterocycles. The number of nitrogens with zero attached hydrogens (tertiary/aromatic N) is 2. The number of rotatable bonds is 2. The molecule has 0 aliphatic heterocycles. The number of ketones is 2. The quantitative estimate of drug-likeness (QED) is 0.395. The number of phenolic OH excluding ortho intramolecular Hbond substituents is 1. The van der Waals surface area contributed by atoms with E-state index < -0.39 is 63.8 Å².